The van der Waals surface area contributed by atoms with E-state index >= 15 is 0 Å². The van der Waals surface area contributed by atoms with Crippen LogP contribution >= 0.6 is 11.6 Å². The highest BCUT2D eigenvalue weighted by Crippen LogP contribution is 2.31. The molecule has 0 atom stereocenters. The fraction of sp³-hybridized carbons (Fsp3) is 0. The van der Waals surface area contributed by atoms with Crippen molar-refractivity contribution in [2.75, 3.05) is 0 Å². The molecule has 5 nitrogen and oxygen atoms in total. The van der Waals surface area contributed by atoms with Crippen LogP contribution in [0.2, 0.25) is 5.02 Å². The third-order valence-corrected chi connectivity index (χ3v) is 4.43. The van der Waals surface area contributed by atoms with E-state index in [9.17, 15) is 8.42 Å². The molecule has 0 aliphatic carbocycles. The summed E-state index contributed by atoms with van der Waals surface area (Å²) in [6.45, 7) is 0. The zero-order valence-electron chi connectivity index (χ0n) is 11.3. The monoisotopic (exact) mass is 333 g/mol. The van der Waals surface area contributed by atoms with Crippen molar-refractivity contribution < 1.29 is 8.42 Å². The van der Waals surface area contributed by atoms with Crippen LogP contribution in [0.15, 0.2) is 59.6 Å². The van der Waals surface area contributed by atoms with Crippen molar-refractivity contribution in [2.24, 2.45) is 5.14 Å². The number of aromatic nitrogens is 2. The van der Waals surface area contributed by atoms with Gasteiger partial charge in [0.15, 0.2) is 0 Å². The number of hydrogen-bond acceptors (Lipinski definition) is 3. The second-order valence-corrected chi connectivity index (χ2v) is 6.72. The lowest BCUT2D eigenvalue weighted by Gasteiger charge is -2.04. The van der Waals surface area contributed by atoms with E-state index in [-0.39, 0.29) is 4.90 Å². The van der Waals surface area contributed by atoms with Gasteiger partial charge in [0.1, 0.15) is 0 Å². The van der Waals surface area contributed by atoms with Gasteiger partial charge in [0, 0.05) is 22.3 Å². The van der Waals surface area contributed by atoms with Crippen LogP contribution in [0.5, 0.6) is 0 Å². The maximum atomic E-state index is 11.3. The van der Waals surface area contributed by atoms with Crippen molar-refractivity contribution in [2.45, 2.75) is 4.90 Å². The Balaban J connectivity index is 2.03. The summed E-state index contributed by atoms with van der Waals surface area (Å²) in [7, 11) is -3.70. The molecule has 2 aromatic carbocycles. The summed E-state index contributed by atoms with van der Waals surface area (Å²) in [5.74, 6) is 0. The second kappa shape index (κ2) is 5.57. The molecule has 0 bridgehead atoms. The maximum Gasteiger partial charge on any atom is 0.238 e. The lowest BCUT2D eigenvalue weighted by Crippen LogP contribution is -2.11. The molecule has 3 N–H and O–H groups in total. The Bertz CT molecular complexity index is 901. The normalized spacial score (nSPS) is 11.5. The molecule has 0 aliphatic heterocycles. The summed E-state index contributed by atoms with van der Waals surface area (Å²) in [5, 5.41) is 12.8. The molecule has 3 aromatic rings. The molecule has 0 unspecified atom stereocenters. The van der Waals surface area contributed by atoms with Gasteiger partial charge >= 0.3 is 0 Å². The van der Waals surface area contributed by atoms with Gasteiger partial charge in [-0.05, 0) is 29.8 Å². The molecule has 0 saturated heterocycles. The fourth-order valence-electron chi connectivity index (χ4n) is 2.16. The first-order chi connectivity index (χ1) is 10.4. The number of nitrogens with zero attached hydrogens (tertiary/aromatic N) is 1. The van der Waals surface area contributed by atoms with E-state index in [1.807, 2.05) is 12.1 Å². The van der Waals surface area contributed by atoms with Crippen molar-refractivity contribution >= 4 is 21.6 Å². The molecule has 3 rings (SSSR count). The molecule has 0 saturated carbocycles. The molecular formula is C15H12ClN3O2S. The molecule has 0 fully saturated rings. The van der Waals surface area contributed by atoms with E-state index < -0.39 is 10.0 Å². The van der Waals surface area contributed by atoms with Gasteiger partial charge in [0.05, 0.1) is 10.6 Å². The lowest BCUT2D eigenvalue weighted by molar-refractivity contribution is 0.598. The highest BCUT2D eigenvalue weighted by molar-refractivity contribution is 7.89. The van der Waals surface area contributed by atoms with Gasteiger partial charge < -0.3 is 0 Å². The second-order valence-electron chi connectivity index (χ2n) is 4.72. The van der Waals surface area contributed by atoms with Crippen LogP contribution in [-0.4, -0.2) is 18.6 Å². The Morgan fingerprint density at radius 2 is 1.55 bits per heavy atom. The number of primary sulfonamides is 1. The average molecular weight is 334 g/mol. The van der Waals surface area contributed by atoms with Crippen molar-refractivity contribution in [3.63, 3.8) is 0 Å². The number of benzene rings is 2. The molecule has 0 radical (unpaired) electrons. The first-order valence-electron chi connectivity index (χ1n) is 6.38. The quantitative estimate of drug-likeness (QED) is 0.772. The Morgan fingerprint density at radius 1 is 0.955 bits per heavy atom. The van der Waals surface area contributed by atoms with Crippen LogP contribution in [-0.2, 0) is 10.0 Å². The predicted octanol–water partition coefficient (Wildman–Crippen LogP) is 3.04. The number of nitrogens with one attached hydrogen (secondary N) is 1. The van der Waals surface area contributed by atoms with E-state index in [4.69, 9.17) is 16.7 Å². The highest BCUT2D eigenvalue weighted by atomic mass is 35.5. The molecule has 112 valence electrons. The van der Waals surface area contributed by atoms with Gasteiger partial charge in [-0.2, -0.15) is 5.10 Å². The standard InChI is InChI=1S/C15H12ClN3O2S/c16-12-5-1-10(2-6-12)14-9-18-19-15(14)11-3-7-13(8-4-11)22(17,20)21/h1-9H,(H,18,19)(H2,17,20,21). The Morgan fingerprint density at radius 3 is 2.14 bits per heavy atom. The van der Waals surface area contributed by atoms with E-state index in [0.29, 0.717) is 5.02 Å². The number of halogens is 1. The predicted molar refractivity (Wildman–Crippen MR) is 85.8 cm³/mol. The van der Waals surface area contributed by atoms with Gasteiger partial charge in [0.25, 0.3) is 0 Å². The number of rotatable bonds is 3. The van der Waals surface area contributed by atoms with Crippen molar-refractivity contribution in [3.05, 3.63) is 59.8 Å². The summed E-state index contributed by atoms with van der Waals surface area (Å²) >= 11 is 5.90. The molecule has 0 spiro atoms. The minimum absolute atomic E-state index is 0.0693. The number of aromatic amines is 1. The molecule has 1 heterocycles. The van der Waals surface area contributed by atoms with E-state index in [0.717, 1.165) is 22.4 Å². The summed E-state index contributed by atoms with van der Waals surface area (Å²) in [6.07, 6.45) is 1.78. The van der Waals surface area contributed by atoms with Crippen molar-refractivity contribution in [1.29, 1.82) is 0 Å². The van der Waals surface area contributed by atoms with Crippen molar-refractivity contribution in [1.82, 2.24) is 10.2 Å². The van der Waals surface area contributed by atoms with Crippen LogP contribution in [0, 0.1) is 0 Å². The van der Waals surface area contributed by atoms with Crippen LogP contribution in [0.1, 0.15) is 0 Å². The van der Waals surface area contributed by atoms with E-state index in [2.05, 4.69) is 10.2 Å². The smallest absolute Gasteiger partial charge is 0.238 e. The zero-order valence-corrected chi connectivity index (χ0v) is 12.9. The molecular weight excluding hydrogens is 322 g/mol. The largest absolute Gasteiger partial charge is 0.284 e. The van der Waals surface area contributed by atoms with Gasteiger partial charge in [-0.1, -0.05) is 35.9 Å². The van der Waals surface area contributed by atoms with Crippen molar-refractivity contribution in [3.8, 4) is 22.4 Å². The Labute approximate surface area is 132 Å². The van der Waals surface area contributed by atoms with Crippen LogP contribution in [0.4, 0.5) is 0 Å². The summed E-state index contributed by atoms with van der Waals surface area (Å²) < 4.78 is 22.6. The summed E-state index contributed by atoms with van der Waals surface area (Å²) in [6, 6.07) is 13.7. The molecule has 0 aliphatic rings. The van der Waals surface area contributed by atoms with Gasteiger partial charge in [0.2, 0.25) is 10.0 Å². The average Bonchev–Trinajstić information content (AvgIpc) is 2.97. The number of sulfonamides is 1. The highest BCUT2D eigenvalue weighted by Gasteiger charge is 2.12. The molecule has 22 heavy (non-hydrogen) atoms. The Hall–Kier alpha value is -2.15. The first kappa shape index (κ1) is 14.8. The topological polar surface area (TPSA) is 88.8 Å². The minimum atomic E-state index is -3.70. The third kappa shape index (κ3) is 2.89. The van der Waals surface area contributed by atoms with E-state index in [1.165, 1.54) is 12.1 Å². The van der Waals surface area contributed by atoms with Crippen LogP contribution < -0.4 is 5.14 Å². The zero-order chi connectivity index (χ0) is 15.7. The summed E-state index contributed by atoms with van der Waals surface area (Å²) in [5.41, 5.74) is 3.38. The fourth-order valence-corrected chi connectivity index (χ4v) is 2.80. The minimum Gasteiger partial charge on any atom is -0.284 e. The Kier molecular flexibility index (Phi) is 3.74. The molecule has 7 heteroatoms. The molecule has 1 aromatic heterocycles. The SMILES string of the molecule is NS(=O)(=O)c1ccc(-c2n[nH]cc2-c2ccc(Cl)cc2)cc1. The van der Waals surface area contributed by atoms with Crippen LogP contribution in [0.25, 0.3) is 22.4 Å². The van der Waals surface area contributed by atoms with E-state index in [1.54, 1.807) is 30.5 Å². The summed E-state index contributed by atoms with van der Waals surface area (Å²) in [4.78, 5) is 0.0693. The van der Waals surface area contributed by atoms with Gasteiger partial charge in [-0.3, -0.25) is 5.10 Å². The molecule has 0 amide bonds. The van der Waals surface area contributed by atoms with Gasteiger partial charge in [-0.25, -0.2) is 13.6 Å². The van der Waals surface area contributed by atoms with Gasteiger partial charge in [-0.15, -0.1) is 0 Å². The maximum absolute atomic E-state index is 11.3. The number of nitrogens with two attached hydrogens (primary N) is 1. The van der Waals surface area contributed by atoms with Crippen LogP contribution in [0.3, 0.4) is 0 Å². The lowest BCUT2D eigenvalue weighted by atomic mass is 10.0. The first-order valence-corrected chi connectivity index (χ1v) is 8.30. The number of hydrogen-bond donors (Lipinski definition) is 2. The number of H-pyrrole nitrogens is 1. The third-order valence-electron chi connectivity index (χ3n) is 3.25.